The van der Waals surface area contributed by atoms with E-state index in [2.05, 4.69) is 16.4 Å². The van der Waals surface area contributed by atoms with Gasteiger partial charge in [0.05, 0.1) is 6.61 Å². The van der Waals surface area contributed by atoms with E-state index in [1.807, 2.05) is 12.3 Å². The molecule has 1 aliphatic rings. The molecule has 0 spiro atoms. The normalized spacial score (nSPS) is 16.1. The van der Waals surface area contributed by atoms with E-state index in [0.717, 1.165) is 29.8 Å². The third-order valence-corrected chi connectivity index (χ3v) is 4.38. The number of hydrogen-bond donors (Lipinski definition) is 2. The van der Waals surface area contributed by atoms with Crippen molar-refractivity contribution in [3.63, 3.8) is 0 Å². The van der Waals surface area contributed by atoms with E-state index in [9.17, 15) is 0 Å². The van der Waals surface area contributed by atoms with Gasteiger partial charge >= 0.3 is 0 Å². The quantitative estimate of drug-likeness (QED) is 0.745. The van der Waals surface area contributed by atoms with Crippen LogP contribution in [0.5, 0.6) is 0 Å². The number of aliphatic hydroxyl groups excluding tert-OH is 1. The van der Waals surface area contributed by atoms with Gasteiger partial charge in [-0.15, -0.1) is 0 Å². The van der Waals surface area contributed by atoms with E-state index < -0.39 is 0 Å². The van der Waals surface area contributed by atoms with Gasteiger partial charge in [-0.25, -0.2) is 4.98 Å². The summed E-state index contributed by atoms with van der Waals surface area (Å²) < 4.78 is 0. The zero-order chi connectivity index (χ0) is 12.6. The summed E-state index contributed by atoms with van der Waals surface area (Å²) in [6.07, 6.45) is 7.36. The smallest absolute Gasteiger partial charge is 0.126 e. The van der Waals surface area contributed by atoms with Crippen molar-refractivity contribution in [1.29, 1.82) is 0 Å². The first-order valence-electron chi connectivity index (χ1n) is 6.76. The Balaban J connectivity index is 1.78. The third-order valence-electron chi connectivity index (χ3n) is 3.38. The van der Waals surface area contributed by atoms with Gasteiger partial charge in [-0.2, -0.15) is 11.8 Å². The molecule has 0 aromatic carbocycles. The van der Waals surface area contributed by atoms with Crippen LogP contribution < -0.4 is 5.32 Å². The summed E-state index contributed by atoms with van der Waals surface area (Å²) >= 11 is 1.75. The zero-order valence-corrected chi connectivity index (χ0v) is 11.6. The van der Waals surface area contributed by atoms with Crippen molar-refractivity contribution >= 4 is 17.6 Å². The van der Waals surface area contributed by atoms with Crippen molar-refractivity contribution in [2.75, 3.05) is 24.2 Å². The summed E-state index contributed by atoms with van der Waals surface area (Å²) in [5.41, 5.74) is 1.28. The molecular weight excluding hydrogens is 244 g/mol. The molecule has 0 amide bonds. The van der Waals surface area contributed by atoms with Crippen molar-refractivity contribution in [3.05, 3.63) is 23.9 Å². The van der Waals surface area contributed by atoms with Crippen molar-refractivity contribution in [3.8, 4) is 0 Å². The highest BCUT2D eigenvalue weighted by atomic mass is 32.2. The minimum absolute atomic E-state index is 0.253. The lowest BCUT2D eigenvalue weighted by molar-refractivity contribution is 0.322. The minimum atomic E-state index is 0.253. The lowest BCUT2D eigenvalue weighted by Gasteiger charge is -2.11. The predicted octanol–water partition coefficient (Wildman–Crippen LogP) is 2.91. The minimum Gasteiger partial charge on any atom is -0.396 e. The van der Waals surface area contributed by atoms with E-state index in [-0.39, 0.29) is 6.61 Å². The van der Waals surface area contributed by atoms with Crippen molar-refractivity contribution in [1.82, 2.24) is 4.98 Å². The summed E-state index contributed by atoms with van der Waals surface area (Å²) in [5, 5.41) is 12.2. The summed E-state index contributed by atoms with van der Waals surface area (Å²) in [6.45, 7) is 1.31. The second-order valence-electron chi connectivity index (χ2n) is 4.86. The van der Waals surface area contributed by atoms with Gasteiger partial charge in [0.2, 0.25) is 0 Å². The molecule has 18 heavy (non-hydrogen) atoms. The fourth-order valence-electron chi connectivity index (χ4n) is 2.38. The van der Waals surface area contributed by atoms with Crippen LogP contribution in [0.15, 0.2) is 18.3 Å². The number of pyridine rings is 1. The van der Waals surface area contributed by atoms with Crippen LogP contribution in [0.2, 0.25) is 0 Å². The number of nitrogens with one attached hydrogen (secondary N) is 1. The molecular formula is C14H22N2OS. The molecule has 0 bridgehead atoms. The molecule has 1 fully saturated rings. The number of anilines is 1. The second kappa shape index (κ2) is 7.64. The van der Waals surface area contributed by atoms with Gasteiger partial charge in [0.25, 0.3) is 0 Å². The van der Waals surface area contributed by atoms with Crippen molar-refractivity contribution < 1.29 is 5.11 Å². The Kier molecular flexibility index (Phi) is 5.81. The molecule has 1 aliphatic carbocycles. The number of thioether (sulfide) groups is 1. The van der Waals surface area contributed by atoms with Crippen LogP contribution in [0.3, 0.4) is 0 Å². The van der Waals surface area contributed by atoms with Crippen LogP contribution in [0.4, 0.5) is 5.82 Å². The average Bonchev–Trinajstić information content (AvgIpc) is 2.90. The maximum Gasteiger partial charge on any atom is 0.126 e. The van der Waals surface area contributed by atoms with Crippen LogP contribution in [0.25, 0.3) is 0 Å². The van der Waals surface area contributed by atoms with Crippen molar-refractivity contribution in [2.45, 2.75) is 31.4 Å². The number of rotatable bonds is 7. The SMILES string of the molecule is OCCSCc1ccnc(NCC2CCCC2)c1. The van der Waals surface area contributed by atoms with Gasteiger partial charge in [-0.05, 0) is 36.5 Å². The standard InChI is InChI=1S/C14H22N2OS/c17-7-8-18-11-13-5-6-15-14(9-13)16-10-12-3-1-2-4-12/h5-6,9,12,17H,1-4,7-8,10-11H2,(H,15,16). The number of aromatic nitrogens is 1. The second-order valence-corrected chi connectivity index (χ2v) is 5.96. The van der Waals surface area contributed by atoms with E-state index in [4.69, 9.17) is 5.11 Å². The molecule has 0 saturated heterocycles. The predicted molar refractivity (Wildman–Crippen MR) is 77.9 cm³/mol. The largest absolute Gasteiger partial charge is 0.396 e. The molecule has 100 valence electrons. The summed E-state index contributed by atoms with van der Waals surface area (Å²) in [7, 11) is 0. The van der Waals surface area contributed by atoms with Crippen LogP contribution in [0, 0.1) is 5.92 Å². The highest BCUT2D eigenvalue weighted by Crippen LogP contribution is 2.24. The van der Waals surface area contributed by atoms with E-state index >= 15 is 0 Å². The molecule has 0 unspecified atom stereocenters. The van der Waals surface area contributed by atoms with Gasteiger partial charge in [0.1, 0.15) is 5.82 Å². The Morgan fingerprint density at radius 3 is 3.00 bits per heavy atom. The highest BCUT2D eigenvalue weighted by Gasteiger charge is 2.14. The Hall–Kier alpha value is -0.740. The van der Waals surface area contributed by atoms with Crippen LogP contribution in [-0.2, 0) is 5.75 Å². The highest BCUT2D eigenvalue weighted by molar-refractivity contribution is 7.98. The van der Waals surface area contributed by atoms with E-state index in [0.29, 0.717) is 0 Å². The van der Waals surface area contributed by atoms with Gasteiger partial charge in [0.15, 0.2) is 0 Å². The molecule has 1 aromatic heterocycles. The lowest BCUT2D eigenvalue weighted by atomic mass is 10.1. The summed E-state index contributed by atoms with van der Waals surface area (Å²) in [5.74, 6) is 3.57. The molecule has 0 aliphatic heterocycles. The fourth-order valence-corrected chi connectivity index (χ4v) is 3.07. The summed E-state index contributed by atoms with van der Waals surface area (Å²) in [4.78, 5) is 4.36. The molecule has 3 nitrogen and oxygen atoms in total. The number of aliphatic hydroxyl groups is 1. The van der Waals surface area contributed by atoms with Gasteiger partial charge < -0.3 is 10.4 Å². The van der Waals surface area contributed by atoms with Gasteiger partial charge in [-0.3, -0.25) is 0 Å². The molecule has 2 rings (SSSR count). The monoisotopic (exact) mass is 266 g/mol. The molecule has 4 heteroatoms. The first-order valence-corrected chi connectivity index (χ1v) is 7.91. The molecule has 0 radical (unpaired) electrons. The average molecular weight is 266 g/mol. The maximum absolute atomic E-state index is 8.76. The Bertz CT molecular complexity index is 353. The fraction of sp³-hybridized carbons (Fsp3) is 0.643. The van der Waals surface area contributed by atoms with Crippen LogP contribution in [-0.4, -0.2) is 29.0 Å². The molecule has 1 saturated carbocycles. The van der Waals surface area contributed by atoms with E-state index in [1.165, 1.54) is 31.2 Å². The van der Waals surface area contributed by atoms with Crippen LogP contribution >= 0.6 is 11.8 Å². The molecule has 0 atom stereocenters. The third kappa shape index (κ3) is 4.50. The molecule has 2 N–H and O–H groups in total. The van der Waals surface area contributed by atoms with Crippen molar-refractivity contribution in [2.24, 2.45) is 5.92 Å². The number of nitrogens with zero attached hydrogens (tertiary/aromatic N) is 1. The lowest BCUT2D eigenvalue weighted by Crippen LogP contribution is -2.11. The van der Waals surface area contributed by atoms with Gasteiger partial charge in [-0.1, -0.05) is 12.8 Å². The first kappa shape index (κ1) is 13.7. The van der Waals surface area contributed by atoms with Gasteiger partial charge in [0, 0.05) is 24.2 Å². The zero-order valence-electron chi connectivity index (χ0n) is 10.8. The first-order chi connectivity index (χ1) is 8.88. The summed E-state index contributed by atoms with van der Waals surface area (Å²) in [6, 6.07) is 4.17. The number of hydrogen-bond acceptors (Lipinski definition) is 4. The Morgan fingerprint density at radius 1 is 1.39 bits per heavy atom. The molecule has 1 heterocycles. The molecule has 1 aromatic rings. The topological polar surface area (TPSA) is 45.2 Å². The maximum atomic E-state index is 8.76. The Morgan fingerprint density at radius 2 is 2.22 bits per heavy atom. The van der Waals surface area contributed by atoms with E-state index in [1.54, 1.807) is 11.8 Å². The Labute approximate surface area is 113 Å². The van der Waals surface area contributed by atoms with Crippen LogP contribution in [0.1, 0.15) is 31.2 Å².